The predicted octanol–water partition coefficient (Wildman–Crippen LogP) is 4.17. The van der Waals surface area contributed by atoms with Crippen LogP contribution in [0.15, 0.2) is 42.5 Å². The van der Waals surface area contributed by atoms with Gasteiger partial charge >= 0.3 is 6.18 Å². The Morgan fingerprint density at radius 3 is 2.31 bits per heavy atom. The topological polar surface area (TPSA) is 99.0 Å². The van der Waals surface area contributed by atoms with E-state index in [-0.39, 0.29) is 23.2 Å². The van der Waals surface area contributed by atoms with Gasteiger partial charge in [0.05, 0.1) is 10.5 Å². The maximum Gasteiger partial charge on any atom is 0.416 e. The van der Waals surface area contributed by atoms with E-state index in [1.807, 2.05) is 4.90 Å². The van der Waals surface area contributed by atoms with Crippen molar-refractivity contribution >= 4 is 23.2 Å². The fourth-order valence-corrected chi connectivity index (χ4v) is 5.06. The maximum atomic E-state index is 13.0. The number of nitrogens with one attached hydrogen (secondary N) is 1. The van der Waals surface area contributed by atoms with Crippen LogP contribution in [-0.2, 0) is 11.0 Å². The average molecular weight is 548 g/mol. The van der Waals surface area contributed by atoms with Crippen LogP contribution >= 0.6 is 0 Å². The molecule has 2 aliphatic heterocycles. The highest BCUT2D eigenvalue weighted by molar-refractivity contribution is 5.94. The molecule has 4 rings (SSSR count). The highest BCUT2D eigenvalue weighted by Crippen LogP contribution is 2.30. The summed E-state index contributed by atoms with van der Waals surface area (Å²) in [6.07, 6.45) is -2.59. The van der Waals surface area contributed by atoms with Gasteiger partial charge in [-0.25, -0.2) is 0 Å². The maximum absolute atomic E-state index is 13.0. The molecule has 0 unspecified atom stereocenters. The largest absolute Gasteiger partial charge is 0.416 e. The molecule has 0 atom stereocenters. The zero-order chi connectivity index (χ0) is 28.2. The number of carbonyl (C=O) groups is 2. The number of carbonyl (C=O) groups excluding carboxylic acids is 2. The first-order chi connectivity index (χ1) is 18.5. The molecular formula is C27H32F3N5O4. The lowest BCUT2D eigenvalue weighted by Crippen LogP contribution is -2.49. The van der Waals surface area contributed by atoms with Crippen molar-refractivity contribution in [3.05, 3.63) is 69.3 Å². The van der Waals surface area contributed by atoms with Crippen molar-refractivity contribution in [2.45, 2.75) is 38.4 Å². The van der Waals surface area contributed by atoms with Gasteiger partial charge in [-0.05, 0) is 50.1 Å². The van der Waals surface area contributed by atoms with Crippen LogP contribution in [0.3, 0.4) is 0 Å². The number of hydrogen-bond donors (Lipinski definition) is 1. The monoisotopic (exact) mass is 547 g/mol. The van der Waals surface area contributed by atoms with E-state index in [1.54, 1.807) is 24.0 Å². The van der Waals surface area contributed by atoms with Crippen molar-refractivity contribution in [1.29, 1.82) is 0 Å². The Kier molecular flexibility index (Phi) is 8.73. The number of aryl methyl sites for hydroxylation is 1. The molecule has 0 aromatic heterocycles. The number of piperidine rings is 1. The van der Waals surface area contributed by atoms with E-state index in [0.29, 0.717) is 57.8 Å². The van der Waals surface area contributed by atoms with Gasteiger partial charge in [-0.15, -0.1) is 0 Å². The van der Waals surface area contributed by atoms with Gasteiger partial charge in [0.15, 0.2) is 0 Å². The van der Waals surface area contributed by atoms with Crippen molar-refractivity contribution in [2.75, 3.05) is 51.1 Å². The molecule has 2 heterocycles. The summed E-state index contributed by atoms with van der Waals surface area (Å²) in [4.78, 5) is 41.6. The number of nitrogens with zero attached hydrogens (tertiary/aromatic N) is 4. The summed E-state index contributed by atoms with van der Waals surface area (Å²) >= 11 is 0. The van der Waals surface area contributed by atoms with Crippen molar-refractivity contribution in [3.63, 3.8) is 0 Å². The van der Waals surface area contributed by atoms with Gasteiger partial charge < -0.3 is 15.1 Å². The highest BCUT2D eigenvalue weighted by Gasteiger charge is 2.32. The third kappa shape index (κ3) is 7.25. The second-order valence-corrected chi connectivity index (χ2v) is 10.0. The lowest BCUT2D eigenvalue weighted by molar-refractivity contribution is -0.385. The van der Waals surface area contributed by atoms with Gasteiger partial charge in [0.25, 0.3) is 11.6 Å². The third-order valence-corrected chi connectivity index (χ3v) is 7.35. The first-order valence-corrected chi connectivity index (χ1v) is 13.0. The first-order valence-electron chi connectivity index (χ1n) is 13.0. The van der Waals surface area contributed by atoms with E-state index in [4.69, 9.17) is 0 Å². The van der Waals surface area contributed by atoms with Crippen LogP contribution in [0.1, 0.15) is 40.7 Å². The molecule has 0 spiro atoms. The number of piperazine rings is 1. The minimum atomic E-state index is -4.50. The Balaban J connectivity index is 1.17. The molecule has 2 fully saturated rings. The molecule has 0 radical (unpaired) electrons. The number of anilines is 1. The smallest absolute Gasteiger partial charge is 0.382 e. The van der Waals surface area contributed by atoms with E-state index in [2.05, 4.69) is 10.2 Å². The minimum Gasteiger partial charge on any atom is -0.382 e. The van der Waals surface area contributed by atoms with Crippen LogP contribution in [0.5, 0.6) is 0 Å². The number of nitro groups is 1. The van der Waals surface area contributed by atoms with Gasteiger partial charge in [-0.3, -0.25) is 24.6 Å². The summed E-state index contributed by atoms with van der Waals surface area (Å²) in [6.45, 7) is 5.41. The zero-order valence-corrected chi connectivity index (χ0v) is 21.7. The van der Waals surface area contributed by atoms with E-state index in [0.717, 1.165) is 30.7 Å². The fraction of sp³-hybridized carbons (Fsp3) is 0.481. The van der Waals surface area contributed by atoms with Crippen LogP contribution in [0, 0.1) is 17.0 Å². The van der Waals surface area contributed by atoms with E-state index >= 15 is 0 Å². The summed E-state index contributed by atoms with van der Waals surface area (Å²) in [6, 6.07) is 9.62. The van der Waals surface area contributed by atoms with Gasteiger partial charge in [0.2, 0.25) is 5.91 Å². The quantitative estimate of drug-likeness (QED) is 0.413. The minimum absolute atomic E-state index is 0.0232. The molecule has 2 aliphatic rings. The molecule has 2 saturated heterocycles. The Hall–Kier alpha value is -3.67. The van der Waals surface area contributed by atoms with E-state index in [1.165, 1.54) is 18.2 Å². The van der Waals surface area contributed by atoms with Crippen molar-refractivity contribution in [1.82, 2.24) is 14.7 Å². The number of benzene rings is 2. The first kappa shape index (κ1) is 28.3. The predicted molar refractivity (Wildman–Crippen MR) is 139 cm³/mol. The van der Waals surface area contributed by atoms with Crippen molar-refractivity contribution < 1.29 is 27.7 Å². The summed E-state index contributed by atoms with van der Waals surface area (Å²) in [5, 5.41) is 14.4. The van der Waals surface area contributed by atoms with Crippen molar-refractivity contribution in [2.24, 2.45) is 0 Å². The molecule has 2 amide bonds. The number of hydrogen-bond acceptors (Lipinski definition) is 6. The summed E-state index contributed by atoms with van der Waals surface area (Å²) < 4.78 is 38.9. The SMILES string of the molecule is Cc1cc(NC2CCN(C(=O)CCN3CCN(C(=O)c4cccc(C(F)(F)F)c4)CC3)CC2)ccc1[N+](=O)[O-]. The van der Waals surface area contributed by atoms with Gasteiger partial charge in [0.1, 0.15) is 0 Å². The normalized spacial score (nSPS) is 17.2. The number of nitro benzene ring substituents is 1. The molecule has 9 nitrogen and oxygen atoms in total. The molecular weight excluding hydrogens is 515 g/mol. The molecule has 39 heavy (non-hydrogen) atoms. The van der Waals surface area contributed by atoms with Gasteiger partial charge in [-0.1, -0.05) is 6.07 Å². The third-order valence-electron chi connectivity index (χ3n) is 7.35. The van der Waals surface area contributed by atoms with Crippen molar-refractivity contribution in [3.8, 4) is 0 Å². The number of rotatable bonds is 7. The second kappa shape index (κ2) is 12.0. The van der Waals surface area contributed by atoms with Gasteiger partial charge in [-0.2, -0.15) is 13.2 Å². The van der Waals surface area contributed by atoms with E-state index < -0.39 is 22.6 Å². The molecule has 0 saturated carbocycles. The number of amides is 2. The van der Waals surface area contributed by atoms with E-state index in [9.17, 15) is 32.9 Å². The Labute approximate surface area is 224 Å². The average Bonchev–Trinajstić information content (AvgIpc) is 2.91. The molecule has 0 bridgehead atoms. The number of halogens is 3. The lowest BCUT2D eigenvalue weighted by atomic mass is 10.0. The van der Waals surface area contributed by atoms with Crippen LogP contribution in [0.25, 0.3) is 0 Å². The molecule has 1 N–H and O–H groups in total. The zero-order valence-electron chi connectivity index (χ0n) is 21.7. The summed E-state index contributed by atoms with van der Waals surface area (Å²) in [5.41, 5.74) is 0.693. The molecule has 12 heteroatoms. The highest BCUT2D eigenvalue weighted by atomic mass is 19.4. The Morgan fingerprint density at radius 1 is 1.00 bits per heavy atom. The van der Waals surface area contributed by atoms with Crippen LogP contribution in [0.2, 0.25) is 0 Å². The van der Waals surface area contributed by atoms with Crippen LogP contribution < -0.4 is 5.32 Å². The number of likely N-dealkylation sites (tertiary alicyclic amines) is 1. The Bertz CT molecular complexity index is 1210. The van der Waals surface area contributed by atoms with Crippen LogP contribution in [-0.4, -0.2) is 83.3 Å². The van der Waals surface area contributed by atoms with Crippen LogP contribution in [0.4, 0.5) is 24.5 Å². The Morgan fingerprint density at radius 2 is 1.69 bits per heavy atom. The van der Waals surface area contributed by atoms with Gasteiger partial charge in [0, 0.05) is 81.2 Å². The molecule has 2 aromatic rings. The fourth-order valence-electron chi connectivity index (χ4n) is 5.06. The summed E-state index contributed by atoms with van der Waals surface area (Å²) in [5.74, 6) is -0.348. The summed E-state index contributed by atoms with van der Waals surface area (Å²) in [7, 11) is 0. The standard InChI is InChI=1S/C27H32F3N5O4/c1-19-17-23(5-6-24(19)35(38)39)31-22-7-11-33(12-8-22)25(36)9-10-32-13-15-34(16-14-32)26(37)20-3-2-4-21(18-20)27(28,29)30/h2-6,17-18,22,31H,7-16H2,1H3. The molecule has 2 aromatic carbocycles. The number of alkyl halides is 3. The lowest BCUT2D eigenvalue weighted by Gasteiger charge is -2.36. The second-order valence-electron chi connectivity index (χ2n) is 10.0. The molecule has 210 valence electrons. The molecule has 0 aliphatic carbocycles.